The van der Waals surface area contributed by atoms with Crippen LogP contribution >= 0.6 is 0 Å². The van der Waals surface area contributed by atoms with Crippen LogP contribution in [-0.2, 0) is 4.74 Å². The molecule has 0 saturated carbocycles. The number of carbonyl (C=O) groups excluding carboxylic acids is 2. The van der Waals surface area contributed by atoms with Gasteiger partial charge in [0.15, 0.2) is 0 Å². The Hall–Kier alpha value is -2.08. The van der Waals surface area contributed by atoms with E-state index in [-0.39, 0.29) is 18.0 Å². The molecule has 1 aliphatic rings. The van der Waals surface area contributed by atoms with Gasteiger partial charge in [-0.25, -0.2) is 4.79 Å². The predicted octanol–water partition coefficient (Wildman–Crippen LogP) is 2.02. The summed E-state index contributed by atoms with van der Waals surface area (Å²) >= 11 is 0. The third kappa shape index (κ3) is 5.85. The van der Waals surface area contributed by atoms with Crippen molar-refractivity contribution in [2.75, 3.05) is 32.8 Å². The van der Waals surface area contributed by atoms with Crippen LogP contribution in [0.2, 0.25) is 0 Å². The largest absolute Gasteiger partial charge is 0.382 e. The summed E-state index contributed by atoms with van der Waals surface area (Å²) < 4.78 is 5.24. The second kappa shape index (κ2) is 9.93. The van der Waals surface area contributed by atoms with Crippen molar-refractivity contribution < 1.29 is 14.3 Å². The van der Waals surface area contributed by atoms with Crippen molar-refractivity contribution in [3.05, 3.63) is 35.9 Å². The van der Waals surface area contributed by atoms with E-state index < -0.39 is 0 Å². The Morgan fingerprint density at radius 3 is 2.58 bits per heavy atom. The highest BCUT2D eigenvalue weighted by molar-refractivity contribution is 5.94. The molecule has 1 fully saturated rings. The molecule has 0 aliphatic carbocycles. The molecule has 0 atom stereocenters. The maximum absolute atomic E-state index is 12.1. The third-order valence-corrected chi connectivity index (χ3v) is 4.10. The Bertz CT molecular complexity index is 514. The molecule has 0 spiro atoms. The van der Waals surface area contributed by atoms with Gasteiger partial charge in [0.1, 0.15) is 0 Å². The fourth-order valence-electron chi connectivity index (χ4n) is 2.71. The van der Waals surface area contributed by atoms with Crippen molar-refractivity contribution in [3.63, 3.8) is 0 Å². The maximum Gasteiger partial charge on any atom is 0.317 e. The fourth-order valence-corrected chi connectivity index (χ4v) is 2.71. The highest BCUT2D eigenvalue weighted by atomic mass is 16.5. The molecule has 6 nitrogen and oxygen atoms in total. The minimum Gasteiger partial charge on any atom is -0.382 e. The molecule has 1 aliphatic heterocycles. The number of hydrogen-bond donors (Lipinski definition) is 2. The number of hydrogen-bond acceptors (Lipinski definition) is 3. The van der Waals surface area contributed by atoms with Crippen LogP contribution < -0.4 is 10.6 Å². The summed E-state index contributed by atoms with van der Waals surface area (Å²) in [4.78, 5) is 26.0. The van der Waals surface area contributed by atoms with E-state index in [0.717, 1.165) is 19.3 Å². The minimum absolute atomic E-state index is 0.0284. The molecule has 132 valence electrons. The molecule has 0 radical (unpaired) electrons. The summed E-state index contributed by atoms with van der Waals surface area (Å²) in [7, 11) is 0. The Labute approximate surface area is 143 Å². The summed E-state index contributed by atoms with van der Waals surface area (Å²) in [6, 6.07) is 9.31. The van der Waals surface area contributed by atoms with Crippen LogP contribution in [0.25, 0.3) is 0 Å². The number of nitrogens with one attached hydrogen (secondary N) is 2. The van der Waals surface area contributed by atoms with Crippen molar-refractivity contribution in [1.29, 1.82) is 0 Å². The van der Waals surface area contributed by atoms with Crippen molar-refractivity contribution in [2.24, 2.45) is 0 Å². The Kier molecular flexibility index (Phi) is 7.55. The van der Waals surface area contributed by atoms with Gasteiger partial charge in [0.2, 0.25) is 0 Å². The van der Waals surface area contributed by atoms with Crippen LogP contribution in [0.1, 0.15) is 36.5 Å². The molecule has 1 heterocycles. The highest BCUT2D eigenvalue weighted by Crippen LogP contribution is 2.11. The van der Waals surface area contributed by atoms with Gasteiger partial charge in [0, 0.05) is 44.5 Å². The van der Waals surface area contributed by atoms with Gasteiger partial charge in [-0.3, -0.25) is 4.79 Å². The lowest BCUT2D eigenvalue weighted by Crippen LogP contribution is -2.49. The number of piperidine rings is 1. The first-order valence-corrected chi connectivity index (χ1v) is 8.67. The average molecular weight is 333 g/mol. The lowest BCUT2D eigenvalue weighted by atomic mass is 10.0. The van der Waals surface area contributed by atoms with Gasteiger partial charge >= 0.3 is 6.03 Å². The molecule has 0 aromatic heterocycles. The molecule has 0 unspecified atom stereocenters. The summed E-state index contributed by atoms with van der Waals surface area (Å²) in [5.41, 5.74) is 0.673. The number of ether oxygens (including phenoxy) is 1. The average Bonchev–Trinajstić information content (AvgIpc) is 2.62. The van der Waals surface area contributed by atoms with Crippen LogP contribution in [0.15, 0.2) is 30.3 Å². The van der Waals surface area contributed by atoms with Gasteiger partial charge in [0.05, 0.1) is 0 Å². The lowest BCUT2D eigenvalue weighted by Gasteiger charge is -2.32. The van der Waals surface area contributed by atoms with Crippen molar-refractivity contribution >= 4 is 11.9 Å². The molecular formula is C18H27N3O3. The van der Waals surface area contributed by atoms with E-state index in [0.29, 0.717) is 38.4 Å². The molecule has 6 heteroatoms. The van der Waals surface area contributed by atoms with E-state index in [1.165, 1.54) is 0 Å². The number of nitrogens with zero attached hydrogens (tertiary/aromatic N) is 1. The predicted molar refractivity (Wildman–Crippen MR) is 93.0 cm³/mol. The number of benzene rings is 1. The van der Waals surface area contributed by atoms with Gasteiger partial charge in [0.25, 0.3) is 5.91 Å². The van der Waals surface area contributed by atoms with Gasteiger partial charge in [-0.05, 0) is 38.3 Å². The zero-order valence-electron chi connectivity index (χ0n) is 14.3. The van der Waals surface area contributed by atoms with E-state index >= 15 is 0 Å². The molecular weight excluding hydrogens is 306 g/mol. The first-order chi connectivity index (χ1) is 11.7. The van der Waals surface area contributed by atoms with Crippen molar-refractivity contribution in [1.82, 2.24) is 15.5 Å². The second-order valence-electron chi connectivity index (χ2n) is 5.88. The topological polar surface area (TPSA) is 70.7 Å². The highest BCUT2D eigenvalue weighted by Gasteiger charge is 2.23. The molecule has 2 rings (SSSR count). The summed E-state index contributed by atoms with van der Waals surface area (Å²) in [5.74, 6) is -0.0468. The zero-order chi connectivity index (χ0) is 17.2. The number of likely N-dealkylation sites (tertiary alicyclic amines) is 1. The van der Waals surface area contributed by atoms with Crippen LogP contribution in [0.3, 0.4) is 0 Å². The SMILES string of the molecule is CCOCCCNC(=O)N1CCC(NC(=O)c2ccccc2)CC1. The Morgan fingerprint density at radius 2 is 1.92 bits per heavy atom. The van der Waals surface area contributed by atoms with Crippen LogP contribution in [0.5, 0.6) is 0 Å². The van der Waals surface area contributed by atoms with Gasteiger partial charge < -0.3 is 20.3 Å². The van der Waals surface area contributed by atoms with Gasteiger partial charge in [-0.2, -0.15) is 0 Å². The summed E-state index contributed by atoms with van der Waals surface area (Å²) in [6.07, 6.45) is 2.39. The van der Waals surface area contributed by atoms with E-state index in [9.17, 15) is 9.59 Å². The standard InChI is InChI=1S/C18H27N3O3/c1-2-24-14-6-11-19-18(23)21-12-9-16(10-13-21)20-17(22)15-7-4-3-5-8-15/h3-5,7-8,16H,2,6,9-14H2,1H3,(H,19,23)(H,20,22). The maximum atomic E-state index is 12.1. The first kappa shape index (κ1) is 18.3. The Balaban J connectivity index is 1.66. The minimum atomic E-state index is -0.0468. The zero-order valence-corrected chi connectivity index (χ0v) is 14.3. The Morgan fingerprint density at radius 1 is 1.21 bits per heavy atom. The van der Waals surface area contributed by atoms with E-state index in [4.69, 9.17) is 4.74 Å². The summed E-state index contributed by atoms with van der Waals surface area (Å²) in [5, 5.41) is 5.96. The molecule has 1 aromatic carbocycles. The lowest BCUT2D eigenvalue weighted by molar-refractivity contribution is 0.0918. The van der Waals surface area contributed by atoms with E-state index in [2.05, 4.69) is 10.6 Å². The van der Waals surface area contributed by atoms with Gasteiger partial charge in [-0.15, -0.1) is 0 Å². The quantitative estimate of drug-likeness (QED) is 0.750. The van der Waals surface area contributed by atoms with Crippen LogP contribution in [0, 0.1) is 0 Å². The van der Waals surface area contributed by atoms with Crippen LogP contribution in [-0.4, -0.2) is 55.7 Å². The molecule has 1 aromatic rings. The monoisotopic (exact) mass is 333 g/mol. The van der Waals surface area contributed by atoms with E-state index in [1.54, 1.807) is 12.1 Å². The van der Waals surface area contributed by atoms with E-state index in [1.807, 2.05) is 30.0 Å². The smallest absolute Gasteiger partial charge is 0.317 e. The number of amides is 3. The molecule has 24 heavy (non-hydrogen) atoms. The molecule has 0 bridgehead atoms. The second-order valence-corrected chi connectivity index (χ2v) is 5.88. The van der Waals surface area contributed by atoms with Gasteiger partial charge in [-0.1, -0.05) is 18.2 Å². The number of carbonyl (C=O) groups is 2. The summed E-state index contributed by atoms with van der Waals surface area (Å²) in [6.45, 7) is 5.29. The molecule has 1 saturated heterocycles. The molecule has 3 amide bonds. The van der Waals surface area contributed by atoms with Crippen LogP contribution in [0.4, 0.5) is 4.79 Å². The van der Waals surface area contributed by atoms with Crippen molar-refractivity contribution in [2.45, 2.75) is 32.2 Å². The van der Waals surface area contributed by atoms with Crippen molar-refractivity contribution in [3.8, 4) is 0 Å². The molecule has 2 N–H and O–H groups in total. The number of rotatable bonds is 7. The first-order valence-electron chi connectivity index (χ1n) is 8.67. The normalized spacial score (nSPS) is 15.1. The fraction of sp³-hybridized carbons (Fsp3) is 0.556. The third-order valence-electron chi connectivity index (χ3n) is 4.10. The number of urea groups is 1.